The minimum absolute atomic E-state index is 0.323. The van der Waals surface area contributed by atoms with E-state index in [1.807, 2.05) is 0 Å². The number of hydrogen-bond acceptors (Lipinski definition) is 5. The van der Waals surface area contributed by atoms with Crippen molar-refractivity contribution < 1.29 is 27.6 Å². The van der Waals surface area contributed by atoms with Gasteiger partial charge < -0.3 is 9.63 Å². The maximum Gasteiger partial charge on any atom is 0.435 e. The van der Waals surface area contributed by atoms with Gasteiger partial charge in [0, 0.05) is 5.56 Å². The Labute approximate surface area is 110 Å². The first kappa shape index (κ1) is 14.0. The Hall–Kier alpha value is -2.39. The van der Waals surface area contributed by atoms with Crippen LogP contribution in [0.25, 0.3) is 0 Å². The molecule has 2 rings (SSSR count). The lowest BCUT2D eigenvalue weighted by Gasteiger charge is -2.09. The van der Waals surface area contributed by atoms with E-state index in [0.717, 1.165) is 0 Å². The molecule has 0 aliphatic rings. The van der Waals surface area contributed by atoms with Crippen molar-refractivity contribution >= 4 is 5.97 Å². The first-order chi connectivity index (χ1) is 9.21. The Kier molecular flexibility index (Phi) is 3.24. The van der Waals surface area contributed by atoms with Gasteiger partial charge in [-0.2, -0.15) is 13.2 Å². The first-order valence-corrected chi connectivity index (χ1v) is 5.37. The fraction of sp³-hybridized carbons (Fsp3) is 0.400. The van der Waals surface area contributed by atoms with Gasteiger partial charge in [0.25, 0.3) is 0 Å². The van der Waals surface area contributed by atoms with Crippen LogP contribution < -0.4 is 0 Å². The number of carbonyl (C=O) groups is 1. The number of hydrogen-bond donors (Lipinski definition) is 1. The highest BCUT2D eigenvalue weighted by Gasteiger charge is 2.41. The fourth-order valence-corrected chi connectivity index (χ4v) is 1.73. The number of aromatic carboxylic acids is 1. The highest BCUT2D eigenvalue weighted by Crippen LogP contribution is 2.31. The number of aryl methyl sites for hydroxylation is 2. The summed E-state index contributed by atoms with van der Waals surface area (Å²) in [6.45, 7) is 2.78. The van der Waals surface area contributed by atoms with Crippen molar-refractivity contribution in [1.82, 2.24) is 20.2 Å². The molecular formula is C10H9F3N4O3. The van der Waals surface area contributed by atoms with Crippen molar-refractivity contribution in [2.45, 2.75) is 26.6 Å². The molecule has 0 aromatic carbocycles. The summed E-state index contributed by atoms with van der Waals surface area (Å²) in [6, 6.07) is 0. The van der Waals surface area contributed by atoms with Gasteiger partial charge in [-0.15, -0.1) is 5.10 Å². The van der Waals surface area contributed by atoms with E-state index in [4.69, 9.17) is 9.63 Å². The predicted molar refractivity (Wildman–Crippen MR) is 57.1 cm³/mol. The summed E-state index contributed by atoms with van der Waals surface area (Å²) in [6.07, 6.45) is -4.88. The predicted octanol–water partition coefficient (Wildman–Crippen LogP) is 1.65. The largest absolute Gasteiger partial charge is 0.476 e. The van der Waals surface area contributed by atoms with Gasteiger partial charge in [-0.1, -0.05) is 10.4 Å². The number of halogens is 3. The van der Waals surface area contributed by atoms with E-state index >= 15 is 0 Å². The summed E-state index contributed by atoms with van der Waals surface area (Å²) >= 11 is 0. The first-order valence-electron chi connectivity index (χ1n) is 5.37. The van der Waals surface area contributed by atoms with Crippen LogP contribution in [0.2, 0.25) is 0 Å². The summed E-state index contributed by atoms with van der Waals surface area (Å²) in [7, 11) is 0. The van der Waals surface area contributed by atoms with E-state index < -0.39 is 23.5 Å². The molecular weight excluding hydrogens is 281 g/mol. The fourth-order valence-electron chi connectivity index (χ4n) is 1.73. The van der Waals surface area contributed by atoms with E-state index in [9.17, 15) is 18.0 Å². The van der Waals surface area contributed by atoms with Crippen LogP contribution in [0, 0.1) is 13.8 Å². The molecule has 2 heterocycles. The molecule has 0 saturated carbocycles. The standard InChI is InChI=1S/C10H9F3N4O3/c1-4-6(5(2)20-15-4)3-17-8(10(11,12)13)7(9(18)19)14-16-17/h3H2,1-2H3,(H,18,19). The number of alkyl halides is 3. The Balaban J connectivity index is 2.51. The monoisotopic (exact) mass is 290 g/mol. The average molecular weight is 290 g/mol. The van der Waals surface area contributed by atoms with Crippen LogP contribution in [0.3, 0.4) is 0 Å². The van der Waals surface area contributed by atoms with Crippen LogP contribution in [0.15, 0.2) is 4.52 Å². The van der Waals surface area contributed by atoms with Crippen LogP contribution in [-0.2, 0) is 12.7 Å². The van der Waals surface area contributed by atoms with Gasteiger partial charge in [-0.05, 0) is 13.8 Å². The molecule has 0 unspecified atom stereocenters. The van der Waals surface area contributed by atoms with Gasteiger partial charge in [0.15, 0.2) is 5.69 Å². The highest BCUT2D eigenvalue weighted by atomic mass is 19.4. The van der Waals surface area contributed by atoms with Gasteiger partial charge in [0.2, 0.25) is 5.69 Å². The van der Waals surface area contributed by atoms with E-state index in [1.165, 1.54) is 6.92 Å². The van der Waals surface area contributed by atoms with Crippen molar-refractivity contribution in [3.05, 3.63) is 28.4 Å². The zero-order valence-electron chi connectivity index (χ0n) is 10.4. The molecule has 0 spiro atoms. The minimum atomic E-state index is -4.88. The zero-order valence-corrected chi connectivity index (χ0v) is 10.4. The van der Waals surface area contributed by atoms with Crippen LogP contribution in [0.4, 0.5) is 13.2 Å². The maximum atomic E-state index is 12.9. The van der Waals surface area contributed by atoms with E-state index in [-0.39, 0.29) is 6.54 Å². The molecule has 0 radical (unpaired) electrons. The second-order valence-electron chi connectivity index (χ2n) is 4.05. The smallest absolute Gasteiger partial charge is 0.435 e. The normalized spacial score (nSPS) is 11.8. The molecule has 0 aliphatic carbocycles. The molecule has 7 nitrogen and oxygen atoms in total. The lowest BCUT2D eigenvalue weighted by molar-refractivity contribution is -0.144. The van der Waals surface area contributed by atoms with Crippen molar-refractivity contribution in [2.75, 3.05) is 0 Å². The lowest BCUT2D eigenvalue weighted by Crippen LogP contribution is -2.19. The van der Waals surface area contributed by atoms with Crippen molar-refractivity contribution in [2.24, 2.45) is 0 Å². The molecule has 0 saturated heterocycles. The van der Waals surface area contributed by atoms with Gasteiger partial charge in [-0.3, -0.25) is 0 Å². The Morgan fingerprint density at radius 1 is 1.40 bits per heavy atom. The third kappa shape index (κ3) is 2.36. The molecule has 20 heavy (non-hydrogen) atoms. The third-order valence-corrected chi connectivity index (χ3v) is 2.70. The third-order valence-electron chi connectivity index (χ3n) is 2.70. The zero-order chi connectivity index (χ0) is 15.1. The summed E-state index contributed by atoms with van der Waals surface area (Å²) in [4.78, 5) is 10.8. The van der Waals surface area contributed by atoms with Crippen LogP contribution in [-0.4, -0.2) is 31.2 Å². The maximum absolute atomic E-state index is 12.9. The second kappa shape index (κ2) is 4.62. The molecule has 0 fully saturated rings. The van der Waals surface area contributed by atoms with Crippen LogP contribution >= 0.6 is 0 Å². The molecule has 0 amide bonds. The molecule has 108 valence electrons. The van der Waals surface area contributed by atoms with Crippen molar-refractivity contribution in [1.29, 1.82) is 0 Å². The van der Waals surface area contributed by atoms with Crippen LogP contribution in [0.5, 0.6) is 0 Å². The lowest BCUT2D eigenvalue weighted by atomic mass is 10.2. The van der Waals surface area contributed by atoms with Crippen LogP contribution in [0.1, 0.15) is 33.2 Å². The number of rotatable bonds is 3. The number of carboxylic acid groups (broad SMARTS) is 1. The molecule has 2 aromatic heterocycles. The Morgan fingerprint density at radius 2 is 2.05 bits per heavy atom. The topological polar surface area (TPSA) is 94.0 Å². The highest BCUT2D eigenvalue weighted by molar-refractivity contribution is 5.86. The van der Waals surface area contributed by atoms with Crippen molar-refractivity contribution in [3.8, 4) is 0 Å². The molecule has 0 bridgehead atoms. The number of carboxylic acids is 1. The van der Waals surface area contributed by atoms with E-state index in [2.05, 4.69) is 15.5 Å². The molecule has 0 atom stereocenters. The summed E-state index contributed by atoms with van der Waals surface area (Å²) < 4.78 is 44.1. The van der Waals surface area contributed by atoms with E-state index in [1.54, 1.807) is 6.92 Å². The number of aromatic nitrogens is 4. The second-order valence-corrected chi connectivity index (χ2v) is 4.05. The number of nitrogens with zero attached hydrogens (tertiary/aromatic N) is 4. The summed E-state index contributed by atoms with van der Waals surface area (Å²) in [5.41, 5.74) is -1.74. The SMILES string of the molecule is Cc1noc(C)c1Cn1nnc(C(=O)O)c1C(F)(F)F. The van der Waals surface area contributed by atoms with Crippen molar-refractivity contribution in [3.63, 3.8) is 0 Å². The van der Waals surface area contributed by atoms with E-state index in [0.29, 0.717) is 21.7 Å². The van der Waals surface area contributed by atoms with Gasteiger partial charge in [0.05, 0.1) is 12.2 Å². The van der Waals surface area contributed by atoms with Gasteiger partial charge in [0.1, 0.15) is 5.76 Å². The Morgan fingerprint density at radius 3 is 2.50 bits per heavy atom. The Bertz CT molecular complexity index is 640. The minimum Gasteiger partial charge on any atom is -0.476 e. The molecule has 2 aromatic rings. The summed E-state index contributed by atoms with van der Waals surface area (Å²) in [5.74, 6) is -1.45. The van der Waals surface area contributed by atoms with Gasteiger partial charge >= 0.3 is 12.1 Å². The average Bonchev–Trinajstić information content (AvgIpc) is 2.87. The molecule has 0 aliphatic heterocycles. The molecule has 1 N–H and O–H groups in total. The van der Waals surface area contributed by atoms with Gasteiger partial charge in [-0.25, -0.2) is 9.48 Å². The summed E-state index contributed by atoms with van der Waals surface area (Å²) in [5, 5.41) is 18.7. The quantitative estimate of drug-likeness (QED) is 0.923. The molecule has 10 heteroatoms.